The van der Waals surface area contributed by atoms with Gasteiger partial charge < -0.3 is 5.11 Å². The molecule has 1 heteroatoms. The zero-order valence-electron chi connectivity index (χ0n) is 6.93. The normalized spacial score (nSPS) is 24.5. The maximum atomic E-state index is 9.41. The highest BCUT2D eigenvalue weighted by atomic mass is 16.3. The van der Waals surface area contributed by atoms with Crippen molar-refractivity contribution in [2.24, 2.45) is 0 Å². The lowest BCUT2D eigenvalue weighted by Crippen LogP contribution is -2.01. The van der Waals surface area contributed by atoms with Gasteiger partial charge in [-0.1, -0.05) is 12.7 Å². The summed E-state index contributed by atoms with van der Waals surface area (Å²) in [5.41, 5.74) is 3.32. The maximum Gasteiger partial charge on any atom is 0.0793 e. The molecule has 0 fully saturated rings. The van der Waals surface area contributed by atoms with Gasteiger partial charge in [-0.3, -0.25) is 0 Å². The summed E-state index contributed by atoms with van der Waals surface area (Å²) in [7, 11) is 0. The van der Waals surface area contributed by atoms with E-state index in [-0.39, 0.29) is 6.10 Å². The van der Waals surface area contributed by atoms with Crippen molar-refractivity contribution in [3.8, 4) is 0 Å². The van der Waals surface area contributed by atoms with Crippen LogP contribution < -0.4 is 0 Å². The zero-order valence-corrected chi connectivity index (χ0v) is 6.93. The molecule has 0 unspecified atom stereocenters. The molecule has 11 heavy (non-hydrogen) atoms. The molecule has 60 valence electrons. The lowest BCUT2D eigenvalue weighted by Gasteiger charge is -2.00. The summed E-state index contributed by atoms with van der Waals surface area (Å²) in [6, 6.07) is 0. The topological polar surface area (TPSA) is 20.2 Å². The number of rotatable bonds is 2. The molecule has 1 N–H and O–H groups in total. The summed E-state index contributed by atoms with van der Waals surface area (Å²) in [4.78, 5) is 0. The number of hydrogen-bond donors (Lipinski definition) is 1. The van der Waals surface area contributed by atoms with Crippen LogP contribution in [0, 0.1) is 0 Å². The molecule has 1 aliphatic rings. The molecular formula is C10H14O. The number of allylic oxidation sites excluding steroid dienone is 2. The summed E-state index contributed by atoms with van der Waals surface area (Å²) in [5, 5.41) is 9.41. The monoisotopic (exact) mass is 150 g/mol. The molecule has 0 aliphatic heterocycles. The fraction of sp³-hybridized carbons (Fsp3) is 0.400. The van der Waals surface area contributed by atoms with Crippen molar-refractivity contribution in [3.63, 3.8) is 0 Å². The van der Waals surface area contributed by atoms with E-state index < -0.39 is 0 Å². The van der Waals surface area contributed by atoms with Crippen molar-refractivity contribution in [2.45, 2.75) is 25.9 Å². The van der Waals surface area contributed by atoms with Crippen molar-refractivity contribution < 1.29 is 5.11 Å². The van der Waals surface area contributed by atoms with E-state index in [2.05, 4.69) is 13.2 Å². The Morgan fingerprint density at radius 3 is 2.73 bits per heavy atom. The molecule has 0 radical (unpaired) electrons. The van der Waals surface area contributed by atoms with Crippen LogP contribution in [0.1, 0.15) is 19.8 Å². The molecule has 1 rings (SSSR count). The van der Waals surface area contributed by atoms with E-state index in [0.717, 1.165) is 17.6 Å². The Bertz CT molecular complexity index is 223. The quantitative estimate of drug-likeness (QED) is 0.598. The lowest BCUT2D eigenvalue weighted by atomic mass is 10.1. The third-order valence-corrected chi connectivity index (χ3v) is 2.19. The molecule has 0 aromatic rings. The van der Waals surface area contributed by atoms with Crippen LogP contribution in [0.4, 0.5) is 0 Å². The number of hydrogen-bond acceptors (Lipinski definition) is 1. The molecule has 0 bridgehead atoms. The molecule has 1 atom stereocenters. The first-order chi connectivity index (χ1) is 5.16. The van der Waals surface area contributed by atoms with Crippen molar-refractivity contribution in [1.29, 1.82) is 0 Å². The van der Waals surface area contributed by atoms with Crippen LogP contribution in [0.5, 0.6) is 0 Å². The van der Waals surface area contributed by atoms with Gasteiger partial charge in [-0.05, 0) is 30.1 Å². The average Bonchev–Trinajstić information content (AvgIpc) is 2.17. The number of aliphatic hydroxyl groups is 1. The fourth-order valence-corrected chi connectivity index (χ4v) is 1.44. The van der Waals surface area contributed by atoms with Crippen LogP contribution in [0.3, 0.4) is 0 Å². The van der Waals surface area contributed by atoms with E-state index in [1.54, 1.807) is 0 Å². The van der Waals surface area contributed by atoms with Gasteiger partial charge >= 0.3 is 0 Å². The van der Waals surface area contributed by atoms with E-state index in [1.165, 1.54) is 5.57 Å². The minimum Gasteiger partial charge on any atom is -0.388 e. The van der Waals surface area contributed by atoms with Crippen LogP contribution in [0.25, 0.3) is 0 Å². The SMILES string of the molecule is C=CCC1=C(C)[C@H](O)CC1=C. The van der Waals surface area contributed by atoms with Gasteiger partial charge in [0.1, 0.15) is 0 Å². The van der Waals surface area contributed by atoms with Gasteiger partial charge in [-0.25, -0.2) is 0 Å². The largest absolute Gasteiger partial charge is 0.388 e. The van der Waals surface area contributed by atoms with E-state index in [4.69, 9.17) is 0 Å². The van der Waals surface area contributed by atoms with Crippen LogP contribution >= 0.6 is 0 Å². The summed E-state index contributed by atoms with van der Waals surface area (Å²) in [6.07, 6.45) is 3.09. The summed E-state index contributed by atoms with van der Waals surface area (Å²) in [6.45, 7) is 9.51. The van der Waals surface area contributed by atoms with Gasteiger partial charge in [0.25, 0.3) is 0 Å². The molecule has 1 nitrogen and oxygen atoms in total. The second-order valence-electron chi connectivity index (χ2n) is 2.98. The van der Waals surface area contributed by atoms with Crippen molar-refractivity contribution >= 4 is 0 Å². The minimum absolute atomic E-state index is 0.294. The highest BCUT2D eigenvalue weighted by molar-refractivity contribution is 5.42. The summed E-state index contributed by atoms with van der Waals surface area (Å²) < 4.78 is 0. The maximum absolute atomic E-state index is 9.41. The highest BCUT2D eigenvalue weighted by Gasteiger charge is 2.21. The second kappa shape index (κ2) is 3.05. The second-order valence-corrected chi connectivity index (χ2v) is 2.98. The van der Waals surface area contributed by atoms with Crippen LogP contribution in [0.15, 0.2) is 36.0 Å². The Balaban J connectivity index is 2.87. The van der Waals surface area contributed by atoms with Crippen molar-refractivity contribution in [3.05, 3.63) is 36.0 Å². The Hall–Kier alpha value is -0.820. The smallest absolute Gasteiger partial charge is 0.0793 e. The average molecular weight is 150 g/mol. The molecule has 0 aromatic carbocycles. The van der Waals surface area contributed by atoms with Gasteiger partial charge in [0.15, 0.2) is 0 Å². The standard InChI is InChI=1S/C10H14O/c1-4-5-9-7(2)6-10(11)8(9)3/h4,10-11H,1-2,5-6H2,3H3/t10-/m1/s1. The summed E-state index contributed by atoms with van der Waals surface area (Å²) >= 11 is 0. The molecule has 0 saturated carbocycles. The molecule has 0 amide bonds. The predicted molar refractivity (Wildman–Crippen MR) is 47.3 cm³/mol. The van der Waals surface area contributed by atoms with E-state index in [9.17, 15) is 5.11 Å². The van der Waals surface area contributed by atoms with E-state index in [0.29, 0.717) is 6.42 Å². The van der Waals surface area contributed by atoms with E-state index >= 15 is 0 Å². The van der Waals surface area contributed by atoms with Gasteiger partial charge in [-0.2, -0.15) is 0 Å². The van der Waals surface area contributed by atoms with Gasteiger partial charge in [0.2, 0.25) is 0 Å². The van der Waals surface area contributed by atoms with Gasteiger partial charge in [-0.15, -0.1) is 6.58 Å². The highest BCUT2D eigenvalue weighted by Crippen LogP contribution is 2.32. The van der Waals surface area contributed by atoms with Crippen LogP contribution in [0.2, 0.25) is 0 Å². The first-order valence-corrected chi connectivity index (χ1v) is 3.83. The van der Waals surface area contributed by atoms with Gasteiger partial charge in [0, 0.05) is 6.42 Å². The first kappa shape index (κ1) is 8.28. The Labute approximate surface area is 67.7 Å². The third kappa shape index (κ3) is 1.43. The zero-order chi connectivity index (χ0) is 8.43. The Morgan fingerprint density at radius 2 is 2.36 bits per heavy atom. The molecule has 0 aromatic heterocycles. The lowest BCUT2D eigenvalue weighted by molar-refractivity contribution is 0.219. The number of aliphatic hydroxyl groups excluding tert-OH is 1. The molecule has 0 spiro atoms. The molecule has 1 aliphatic carbocycles. The van der Waals surface area contributed by atoms with Crippen molar-refractivity contribution in [2.75, 3.05) is 0 Å². The molecule has 0 saturated heterocycles. The first-order valence-electron chi connectivity index (χ1n) is 3.83. The fourth-order valence-electron chi connectivity index (χ4n) is 1.44. The molecule has 0 heterocycles. The van der Waals surface area contributed by atoms with Crippen molar-refractivity contribution in [1.82, 2.24) is 0 Å². The van der Waals surface area contributed by atoms with E-state index in [1.807, 2.05) is 13.0 Å². The van der Waals surface area contributed by atoms with Gasteiger partial charge in [0.05, 0.1) is 6.10 Å². The van der Waals surface area contributed by atoms with Crippen LogP contribution in [-0.4, -0.2) is 11.2 Å². The van der Waals surface area contributed by atoms with Crippen LogP contribution in [-0.2, 0) is 0 Å². The summed E-state index contributed by atoms with van der Waals surface area (Å²) in [5.74, 6) is 0. The third-order valence-electron chi connectivity index (χ3n) is 2.19. The Morgan fingerprint density at radius 1 is 1.73 bits per heavy atom. The molecular weight excluding hydrogens is 136 g/mol. The Kier molecular flexibility index (Phi) is 2.30. The predicted octanol–water partition coefficient (Wildman–Crippen LogP) is 2.20. The minimum atomic E-state index is -0.294.